The largest absolute Gasteiger partial charge is 0.269 e. The first kappa shape index (κ1) is 11.9. The molecule has 1 aromatic rings. The highest BCUT2D eigenvalue weighted by Gasteiger charge is 2.21. The highest BCUT2D eigenvalue weighted by atomic mass is 35.7. The fourth-order valence-electron chi connectivity index (χ4n) is 1.05. The van der Waals surface area contributed by atoms with Crippen molar-refractivity contribution in [2.45, 2.75) is 12.2 Å². The Kier molecular flexibility index (Phi) is 3.31. The molecule has 82 valence electrons. The van der Waals surface area contributed by atoms with Crippen LogP contribution >= 0.6 is 10.7 Å². The highest BCUT2D eigenvalue weighted by molar-refractivity contribution is 8.13. The summed E-state index contributed by atoms with van der Waals surface area (Å²) in [5.41, 5.74) is 0.152. The van der Waals surface area contributed by atoms with E-state index in [1.807, 2.05) is 0 Å². The van der Waals surface area contributed by atoms with Gasteiger partial charge in [0.05, 0.1) is 10.2 Å². The molecule has 5 nitrogen and oxygen atoms in total. The van der Waals surface area contributed by atoms with Crippen LogP contribution in [0.3, 0.4) is 0 Å². The van der Waals surface area contributed by atoms with Gasteiger partial charge in [0.1, 0.15) is 0 Å². The summed E-state index contributed by atoms with van der Waals surface area (Å²) in [4.78, 5) is 9.86. The van der Waals surface area contributed by atoms with E-state index in [4.69, 9.17) is 10.7 Å². The molecule has 0 radical (unpaired) electrons. The predicted octanol–water partition coefficient (Wildman–Crippen LogP) is 2.22. The van der Waals surface area contributed by atoms with Gasteiger partial charge in [0.25, 0.3) is 5.69 Å². The third-order valence-corrected chi connectivity index (χ3v) is 3.89. The summed E-state index contributed by atoms with van der Waals surface area (Å²) in [7, 11) is 1.40. The normalized spacial score (nSPS) is 13.5. The van der Waals surface area contributed by atoms with E-state index in [2.05, 4.69) is 0 Å². The van der Waals surface area contributed by atoms with Crippen LogP contribution in [-0.2, 0) is 9.05 Å². The van der Waals surface area contributed by atoms with Gasteiger partial charge >= 0.3 is 0 Å². The quantitative estimate of drug-likeness (QED) is 0.467. The average molecular weight is 250 g/mol. The summed E-state index contributed by atoms with van der Waals surface area (Å²) in [6.07, 6.45) is 0. The lowest BCUT2D eigenvalue weighted by Crippen LogP contribution is -2.03. The van der Waals surface area contributed by atoms with Gasteiger partial charge < -0.3 is 0 Å². The first-order chi connectivity index (χ1) is 6.82. The Bertz CT molecular complexity index is 485. The van der Waals surface area contributed by atoms with Gasteiger partial charge in [-0.2, -0.15) is 0 Å². The zero-order chi connectivity index (χ0) is 11.6. The number of hydrogen-bond acceptors (Lipinski definition) is 4. The second kappa shape index (κ2) is 4.16. The van der Waals surface area contributed by atoms with Crippen molar-refractivity contribution in [2.24, 2.45) is 0 Å². The van der Waals surface area contributed by atoms with E-state index in [0.29, 0.717) is 5.56 Å². The maximum absolute atomic E-state index is 11.0. The lowest BCUT2D eigenvalue weighted by atomic mass is 10.1. The van der Waals surface area contributed by atoms with Crippen LogP contribution in [0.25, 0.3) is 0 Å². The van der Waals surface area contributed by atoms with E-state index < -0.39 is 19.2 Å². The SMILES string of the molecule is CC(c1cccc([N+](=O)[O-])c1)S(=O)(=O)Cl. The number of rotatable bonds is 3. The van der Waals surface area contributed by atoms with Gasteiger partial charge in [-0.15, -0.1) is 0 Å². The van der Waals surface area contributed by atoms with Crippen molar-refractivity contribution in [3.8, 4) is 0 Å². The van der Waals surface area contributed by atoms with Crippen LogP contribution in [0, 0.1) is 10.1 Å². The molecule has 0 heterocycles. The summed E-state index contributed by atoms with van der Waals surface area (Å²) in [5.74, 6) is 0. The van der Waals surface area contributed by atoms with Crippen LogP contribution in [0.1, 0.15) is 17.7 Å². The van der Waals surface area contributed by atoms with Crippen LogP contribution in [0.2, 0.25) is 0 Å². The Morgan fingerprint density at radius 1 is 1.47 bits per heavy atom. The molecular weight excluding hydrogens is 242 g/mol. The van der Waals surface area contributed by atoms with E-state index in [0.717, 1.165) is 0 Å². The Hall–Kier alpha value is -1.14. The van der Waals surface area contributed by atoms with Crippen molar-refractivity contribution in [2.75, 3.05) is 0 Å². The van der Waals surface area contributed by atoms with Gasteiger partial charge in [0.2, 0.25) is 9.05 Å². The number of halogens is 1. The maximum Gasteiger partial charge on any atom is 0.269 e. The van der Waals surface area contributed by atoms with Crippen LogP contribution in [0.4, 0.5) is 5.69 Å². The van der Waals surface area contributed by atoms with Gasteiger partial charge in [-0.05, 0) is 12.5 Å². The number of nitro groups is 1. The fraction of sp³-hybridized carbons (Fsp3) is 0.250. The third-order valence-electron chi connectivity index (χ3n) is 1.97. The lowest BCUT2D eigenvalue weighted by Gasteiger charge is -2.06. The second-order valence-electron chi connectivity index (χ2n) is 2.97. The Labute approximate surface area is 91.2 Å². The maximum atomic E-state index is 11.0. The molecule has 0 aliphatic carbocycles. The molecule has 0 saturated carbocycles. The molecule has 0 spiro atoms. The molecule has 0 amide bonds. The molecule has 0 aliphatic heterocycles. The number of benzene rings is 1. The minimum Gasteiger partial charge on any atom is -0.258 e. The predicted molar refractivity (Wildman–Crippen MR) is 56.3 cm³/mol. The highest BCUT2D eigenvalue weighted by Crippen LogP contribution is 2.27. The topological polar surface area (TPSA) is 77.3 Å². The van der Waals surface area contributed by atoms with E-state index in [-0.39, 0.29) is 5.69 Å². The van der Waals surface area contributed by atoms with Crippen molar-refractivity contribution >= 4 is 25.4 Å². The monoisotopic (exact) mass is 249 g/mol. The molecule has 1 atom stereocenters. The van der Waals surface area contributed by atoms with Gasteiger partial charge in [0, 0.05) is 22.8 Å². The van der Waals surface area contributed by atoms with Crippen LogP contribution < -0.4 is 0 Å². The molecular formula is C8H8ClNO4S. The fourth-order valence-corrected chi connectivity index (χ4v) is 1.83. The summed E-state index contributed by atoms with van der Waals surface area (Å²) >= 11 is 0. The number of hydrogen-bond donors (Lipinski definition) is 0. The summed E-state index contributed by atoms with van der Waals surface area (Å²) in [6.45, 7) is 1.38. The molecule has 1 rings (SSSR count). The second-order valence-corrected chi connectivity index (χ2v) is 5.92. The molecule has 0 N–H and O–H groups in total. The van der Waals surface area contributed by atoms with Crippen LogP contribution in [0.15, 0.2) is 24.3 Å². The van der Waals surface area contributed by atoms with E-state index >= 15 is 0 Å². The van der Waals surface area contributed by atoms with Crippen molar-refractivity contribution in [1.82, 2.24) is 0 Å². The molecule has 0 aromatic heterocycles. The van der Waals surface area contributed by atoms with Gasteiger partial charge in [-0.1, -0.05) is 12.1 Å². The molecule has 15 heavy (non-hydrogen) atoms. The molecule has 0 bridgehead atoms. The third kappa shape index (κ3) is 2.90. The van der Waals surface area contributed by atoms with Crippen molar-refractivity contribution in [3.05, 3.63) is 39.9 Å². The first-order valence-electron chi connectivity index (χ1n) is 4.00. The summed E-state index contributed by atoms with van der Waals surface area (Å²) in [6, 6.07) is 5.39. The molecule has 7 heteroatoms. The standard InChI is InChI=1S/C8H8ClNO4S/c1-6(15(9,13)14)7-3-2-4-8(5-7)10(11)12/h2-6H,1H3. The number of nitro benzene ring substituents is 1. The summed E-state index contributed by atoms with van der Waals surface area (Å²) < 4.78 is 22.0. The zero-order valence-corrected chi connectivity index (χ0v) is 9.33. The Balaban J connectivity index is 3.17. The van der Waals surface area contributed by atoms with Gasteiger partial charge in [0.15, 0.2) is 0 Å². The minimum absolute atomic E-state index is 0.153. The van der Waals surface area contributed by atoms with Crippen LogP contribution in [-0.4, -0.2) is 13.3 Å². The van der Waals surface area contributed by atoms with E-state index in [9.17, 15) is 18.5 Å². The van der Waals surface area contributed by atoms with Crippen molar-refractivity contribution in [1.29, 1.82) is 0 Å². The molecule has 0 fully saturated rings. The number of non-ortho nitro benzene ring substituents is 1. The van der Waals surface area contributed by atoms with Crippen molar-refractivity contribution in [3.63, 3.8) is 0 Å². The summed E-state index contributed by atoms with van der Waals surface area (Å²) in [5, 5.41) is 9.49. The first-order valence-corrected chi connectivity index (χ1v) is 6.37. The number of nitrogens with zero attached hydrogens (tertiary/aromatic N) is 1. The molecule has 1 unspecified atom stereocenters. The van der Waals surface area contributed by atoms with Gasteiger partial charge in [-0.25, -0.2) is 8.42 Å². The van der Waals surface area contributed by atoms with Crippen molar-refractivity contribution < 1.29 is 13.3 Å². The zero-order valence-electron chi connectivity index (χ0n) is 7.75. The van der Waals surface area contributed by atoms with E-state index in [1.54, 1.807) is 0 Å². The van der Waals surface area contributed by atoms with Gasteiger partial charge in [-0.3, -0.25) is 10.1 Å². The van der Waals surface area contributed by atoms with E-state index in [1.165, 1.54) is 31.2 Å². The van der Waals surface area contributed by atoms with Crippen LogP contribution in [0.5, 0.6) is 0 Å². The molecule has 1 aromatic carbocycles. The smallest absolute Gasteiger partial charge is 0.258 e. The average Bonchev–Trinajstić information content (AvgIpc) is 2.15. The molecule has 0 saturated heterocycles. The lowest BCUT2D eigenvalue weighted by molar-refractivity contribution is -0.384. The minimum atomic E-state index is -3.75. The Morgan fingerprint density at radius 2 is 2.07 bits per heavy atom. The molecule has 0 aliphatic rings. The Morgan fingerprint density at radius 3 is 2.53 bits per heavy atom.